The molecule has 1 heterocycles. The van der Waals surface area contributed by atoms with Gasteiger partial charge in [-0.1, -0.05) is 42.1 Å². The highest BCUT2D eigenvalue weighted by Gasteiger charge is 2.08. The van der Waals surface area contributed by atoms with Crippen molar-refractivity contribution in [3.63, 3.8) is 0 Å². The lowest BCUT2D eigenvalue weighted by Crippen LogP contribution is -2.00. The van der Waals surface area contributed by atoms with E-state index in [1.54, 1.807) is 23.5 Å². The Morgan fingerprint density at radius 2 is 2.12 bits per heavy atom. The van der Waals surface area contributed by atoms with E-state index in [9.17, 15) is 5.11 Å². The number of thioether (sulfide) groups is 1. The Hall–Kier alpha value is -1.40. The summed E-state index contributed by atoms with van der Waals surface area (Å²) in [6, 6.07) is 9.66. The molecule has 0 amide bonds. The van der Waals surface area contributed by atoms with Gasteiger partial charge in [-0.25, -0.2) is 4.68 Å². The van der Waals surface area contributed by atoms with Gasteiger partial charge >= 0.3 is 0 Å². The van der Waals surface area contributed by atoms with Crippen LogP contribution in [0.2, 0.25) is 0 Å². The number of aryl methyl sites for hydroxylation is 1. The van der Waals surface area contributed by atoms with Gasteiger partial charge in [0.2, 0.25) is 5.16 Å². The fraction of sp³-hybridized carbons (Fsp3) is 0.364. The molecule has 0 saturated heterocycles. The van der Waals surface area contributed by atoms with E-state index in [4.69, 9.17) is 0 Å². The van der Waals surface area contributed by atoms with Crippen molar-refractivity contribution in [1.29, 1.82) is 0 Å². The number of benzene rings is 1. The third-order valence-electron chi connectivity index (χ3n) is 2.39. The largest absolute Gasteiger partial charge is 0.388 e. The summed E-state index contributed by atoms with van der Waals surface area (Å²) in [4.78, 5) is 0. The number of nitrogens with zero attached hydrogens (tertiary/aromatic N) is 4. The second kappa shape index (κ2) is 5.79. The summed E-state index contributed by atoms with van der Waals surface area (Å²) >= 11 is 1.54. The Kier molecular flexibility index (Phi) is 4.11. The minimum Gasteiger partial charge on any atom is -0.388 e. The maximum absolute atomic E-state index is 9.95. The molecule has 17 heavy (non-hydrogen) atoms. The number of hydrogen-bond donors (Lipinski definition) is 1. The summed E-state index contributed by atoms with van der Waals surface area (Å²) in [5, 5.41) is 21.9. The Morgan fingerprint density at radius 3 is 2.76 bits per heavy atom. The molecule has 0 aliphatic rings. The molecule has 0 unspecified atom stereocenters. The maximum Gasteiger partial charge on any atom is 0.209 e. The Morgan fingerprint density at radius 1 is 1.35 bits per heavy atom. The Labute approximate surface area is 104 Å². The molecular formula is C11H14N4OS. The van der Waals surface area contributed by atoms with E-state index in [-0.39, 0.29) is 0 Å². The van der Waals surface area contributed by atoms with Crippen LogP contribution in [-0.4, -0.2) is 31.1 Å². The quantitative estimate of drug-likeness (QED) is 0.813. The second-order valence-electron chi connectivity index (χ2n) is 3.65. The molecule has 90 valence electrons. The number of aliphatic hydroxyl groups is 1. The van der Waals surface area contributed by atoms with Gasteiger partial charge in [0, 0.05) is 12.8 Å². The van der Waals surface area contributed by atoms with Crippen molar-refractivity contribution in [2.24, 2.45) is 7.05 Å². The van der Waals surface area contributed by atoms with Crippen molar-refractivity contribution in [3.8, 4) is 0 Å². The normalized spacial score (nSPS) is 12.6. The molecule has 0 radical (unpaired) electrons. The van der Waals surface area contributed by atoms with E-state index in [1.807, 2.05) is 30.3 Å². The highest BCUT2D eigenvalue weighted by Crippen LogP contribution is 2.21. The van der Waals surface area contributed by atoms with Gasteiger partial charge < -0.3 is 5.11 Å². The van der Waals surface area contributed by atoms with E-state index >= 15 is 0 Å². The Balaban J connectivity index is 1.81. The molecule has 0 bridgehead atoms. The standard InChI is InChI=1S/C11H14N4OS/c1-15-11(12-13-14-15)17-8-7-10(16)9-5-3-2-4-6-9/h2-6,10,16H,7-8H2,1H3/t10-/m1/s1. The second-order valence-corrected chi connectivity index (χ2v) is 4.71. The van der Waals surface area contributed by atoms with Crippen LogP contribution in [0.15, 0.2) is 35.5 Å². The molecule has 1 N–H and O–H groups in total. The summed E-state index contributed by atoms with van der Waals surface area (Å²) in [5.41, 5.74) is 0.948. The molecule has 1 aromatic carbocycles. The number of hydrogen-bond acceptors (Lipinski definition) is 5. The molecular weight excluding hydrogens is 236 g/mol. The molecule has 6 heteroatoms. The Bertz CT molecular complexity index is 460. The molecule has 2 aromatic rings. The molecule has 0 aliphatic carbocycles. The zero-order valence-corrected chi connectivity index (χ0v) is 10.3. The van der Waals surface area contributed by atoms with Gasteiger partial charge in [0.05, 0.1) is 6.10 Å². The van der Waals surface area contributed by atoms with Crippen molar-refractivity contribution in [3.05, 3.63) is 35.9 Å². The van der Waals surface area contributed by atoms with Crippen LogP contribution in [0.5, 0.6) is 0 Å². The first kappa shape index (κ1) is 12.1. The van der Waals surface area contributed by atoms with Crippen molar-refractivity contribution >= 4 is 11.8 Å². The third kappa shape index (κ3) is 3.28. The summed E-state index contributed by atoms with van der Waals surface area (Å²) in [6.07, 6.45) is 0.256. The summed E-state index contributed by atoms with van der Waals surface area (Å²) in [7, 11) is 1.80. The lowest BCUT2D eigenvalue weighted by Gasteiger charge is -2.09. The van der Waals surface area contributed by atoms with Crippen LogP contribution in [0, 0.1) is 0 Å². The lowest BCUT2D eigenvalue weighted by atomic mass is 10.1. The molecule has 5 nitrogen and oxygen atoms in total. The van der Waals surface area contributed by atoms with Crippen LogP contribution < -0.4 is 0 Å². The highest BCUT2D eigenvalue weighted by atomic mass is 32.2. The zero-order valence-electron chi connectivity index (χ0n) is 9.52. The van der Waals surface area contributed by atoms with E-state index in [1.165, 1.54) is 0 Å². The van der Waals surface area contributed by atoms with E-state index in [2.05, 4.69) is 15.5 Å². The van der Waals surface area contributed by atoms with Gasteiger partial charge in [-0.3, -0.25) is 0 Å². The molecule has 2 rings (SSSR count). The van der Waals surface area contributed by atoms with Crippen LogP contribution in [0.25, 0.3) is 0 Å². The first-order chi connectivity index (χ1) is 8.27. The monoisotopic (exact) mass is 250 g/mol. The molecule has 0 fully saturated rings. The first-order valence-corrected chi connectivity index (χ1v) is 6.34. The van der Waals surface area contributed by atoms with E-state index in [0.717, 1.165) is 16.5 Å². The molecule has 0 spiro atoms. The van der Waals surface area contributed by atoms with Gasteiger partial charge in [-0.15, -0.1) is 5.10 Å². The summed E-state index contributed by atoms with van der Waals surface area (Å²) in [5.74, 6) is 0.782. The average molecular weight is 250 g/mol. The van der Waals surface area contributed by atoms with Crippen molar-refractivity contribution in [2.45, 2.75) is 17.7 Å². The average Bonchev–Trinajstić information content (AvgIpc) is 2.76. The minimum atomic E-state index is -0.426. The predicted molar refractivity (Wildman–Crippen MR) is 65.5 cm³/mol. The molecule has 1 atom stereocenters. The van der Waals surface area contributed by atoms with Crippen LogP contribution in [-0.2, 0) is 7.05 Å². The van der Waals surface area contributed by atoms with Crippen LogP contribution in [0.3, 0.4) is 0 Å². The fourth-order valence-corrected chi connectivity index (χ4v) is 2.29. The van der Waals surface area contributed by atoms with Crippen molar-refractivity contribution in [2.75, 3.05) is 5.75 Å². The first-order valence-electron chi connectivity index (χ1n) is 5.35. The van der Waals surface area contributed by atoms with E-state index in [0.29, 0.717) is 6.42 Å². The summed E-state index contributed by atoms with van der Waals surface area (Å²) in [6.45, 7) is 0. The number of aliphatic hydroxyl groups excluding tert-OH is 1. The van der Waals surface area contributed by atoms with E-state index < -0.39 is 6.10 Å². The zero-order chi connectivity index (χ0) is 12.1. The van der Waals surface area contributed by atoms with Gasteiger partial charge in [0.15, 0.2) is 0 Å². The number of aromatic nitrogens is 4. The highest BCUT2D eigenvalue weighted by molar-refractivity contribution is 7.99. The maximum atomic E-state index is 9.95. The van der Waals surface area contributed by atoms with Crippen LogP contribution >= 0.6 is 11.8 Å². The summed E-state index contributed by atoms with van der Waals surface area (Å²) < 4.78 is 1.62. The lowest BCUT2D eigenvalue weighted by molar-refractivity contribution is 0.175. The van der Waals surface area contributed by atoms with Crippen LogP contribution in [0.1, 0.15) is 18.1 Å². The number of tetrazole rings is 1. The molecule has 0 saturated carbocycles. The number of rotatable bonds is 5. The topological polar surface area (TPSA) is 63.8 Å². The SMILES string of the molecule is Cn1nnnc1SCC[C@@H](O)c1ccccc1. The predicted octanol–water partition coefficient (Wildman–Crippen LogP) is 1.43. The van der Waals surface area contributed by atoms with Crippen molar-refractivity contribution in [1.82, 2.24) is 20.2 Å². The minimum absolute atomic E-state index is 0.426. The van der Waals surface area contributed by atoms with Crippen molar-refractivity contribution < 1.29 is 5.11 Å². The van der Waals surface area contributed by atoms with Gasteiger partial charge in [-0.05, 0) is 22.4 Å². The van der Waals surface area contributed by atoms with Gasteiger partial charge in [0.1, 0.15) is 0 Å². The smallest absolute Gasteiger partial charge is 0.209 e. The van der Waals surface area contributed by atoms with Gasteiger partial charge in [-0.2, -0.15) is 0 Å². The van der Waals surface area contributed by atoms with Gasteiger partial charge in [0.25, 0.3) is 0 Å². The third-order valence-corrected chi connectivity index (χ3v) is 3.43. The van der Waals surface area contributed by atoms with Crippen LogP contribution in [0.4, 0.5) is 0 Å². The fourth-order valence-electron chi connectivity index (χ4n) is 1.45. The molecule has 1 aromatic heterocycles. The molecule has 0 aliphatic heterocycles.